The molecule has 0 N–H and O–H groups in total. The molecule has 1 atom stereocenters. The van der Waals surface area contributed by atoms with Crippen molar-refractivity contribution in [2.24, 2.45) is 0 Å². The van der Waals surface area contributed by atoms with E-state index >= 15 is 0 Å². The Bertz CT molecular complexity index is 938. The van der Waals surface area contributed by atoms with Gasteiger partial charge in [0, 0.05) is 22.7 Å². The normalized spacial score (nSPS) is 12.0. The summed E-state index contributed by atoms with van der Waals surface area (Å²) in [4.78, 5) is 18.9. The minimum atomic E-state index is -0.247. The Kier molecular flexibility index (Phi) is 5.35. The van der Waals surface area contributed by atoms with Gasteiger partial charge >= 0.3 is 0 Å². The number of amides is 1. The number of rotatable bonds is 4. The molecule has 0 fully saturated rings. The van der Waals surface area contributed by atoms with Crippen LogP contribution >= 0.6 is 23.2 Å². The third-order valence-electron chi connectivity index (χ3n) is 4.33. The standard InChI is InChI=1S/C20H18Cl2N2O2/c1-12(16-10-9-15(21)11-17(16)22)24(3)20(25)18-13(2)26-19(23-18)14-7-5-4-6-8-14/h4-12H,1-3H3. The molecule has 26 heavy (non-hydrogen) atoms. The summed E-state index contributed by atoms with van der Waals surface area (Å²) < 4.78 is 5.69. The number of benzene rings is 2. The van der Waals surface area contributed by atoms with Gasteiger partial charge in [-0.15, -0.1) is 0 Å². The molecule has 0 saturated carbocycles. The topological polar surface area (TPSA) is 46.3 Å². The predicted molar refractivity (Wildman–Crippen MR) is 104 cm³/mol. The van der Waals surface area contributed by atoms with Crippen molar-refractivity contribution >= 4 is 29.1 Å². The lowest BCUT2D eigenvalue weighted by atomic mass is 10.1. The Morgan fingerprint density at radius 1 is 1.15 bits per heavy atom. The van der Waals surface area contributed by atoms with Gasteiger partial charge in [-0.3, -0.25) is 4.79 Å². The summed E-state index contributed by atoms with van der Waals surface area (Å²) in [7, 11) is 1.72. The second-order valence-corrected chi connectivity index (χ2v) is 6.89. The molecule has 0 saturated heterocycles. The summed E-state index contributed by atoms with van der Waals surface area (Å²) in [6.07, 6.45) is 0. The van der Waals surface area contributed by atoms with Crippen molar-refractivity contribution in [3.8, 4) is 11.5 Å². The van der Waals surface area contributed by atoms with E-state index in [0.29, 0.717) is 27.4 Å². The van der Waals surface area contributed by atoms with Crippen molar-refractivity contribution in [3.05, 3.63) is 75.6 Å². The van der Waals surface area contributed by atoms with Crippen molar-refractivity contribution in [2.45, 2.75) is 19.9 Å². The molecule has 0 aliphatic rings. The van der Waals surface area contributed by atoms with Gasteiger partial charge in [0.25, 0.3) is 5.91 Å². The van der Waals surface area contributed by atoms with Crippen LogP contribution in [0.25, 0.3) is 11.5 Å². The van der Waals surface area contributed by atoms with E-state index in [1.807, 2.05) is 43.3 Å². The van der Waals surface area contributed by atoms with Gasteiger partial charge in [0.2, 0.25) is 5.89 Å². The molecule has 4 nitrogen and oxygen atoms in total. The van der Waals surface area contributed by atoms with Gasteiger partial charge in [-0.25, -0.2) is 4.98 Å². The molecule has 3 aromatic rings. The van der Waals surface area contributed by atoms with Crippen LogP contribution in [0.2, 0.25) is 10.0 Å². The Hall–Kier alpha value is -2.30. The molecule has 1 aromatic heterocycles. The van der Waals surface area contributed by atoms with Crippen LogP contribution in [0.5, 0.6) is 0 Å². The van der Waals surface area contributed by atoms with Gasteiger partial charge in [0.15, 0.2) is 5.69 Å². The first kappa shape index (κ1) is 18.5. The number of nitrogens with zero attached hydrogens (tertiary/aromatic N) is 2. The van der Waals surface area contributed by atoms with E-state index in [2.05, 4.69) is 4.98 Å². The highest BCUT2D eigenvalue weighted by Gasteiger charge is 2.26. The van der Waals surface area contributed by atoms with Gasteiger partial charge in [0.1, 0.15) is 5.76 Å². The number of carbonyl (C=O) groups is 1. The summed E-state index contributed by atoms with van der Waals surface area (Å²) in [5, 5.41) is 1.08. The highest BCUT2D eigenvalue weighted by atomic mass is 35.5. The Labute approximate surface area is 162 Å². The first-order valence-electron chi connectivity index (χ1n) is 8.13. The van der Waals surface area contributed by atoms with Gasteiger partial charge in [0.05, 0.1) is 6.04 Å². The van der Waals surface area contributed by atoms with Crippen LogP contribution in [0.4, 0.5) is 0 Å². The molecule has 0 aliphatic heterocycles. The molecule has 134 valence electrons. The van der Waals surface area contributed by atoms with Crippen LogP contribution in [0.3, 0.4) is 0 Å². The largest absolute Gasteiger partial charge is 0.441 e. The van der Waals surface area contributed by atoms with Crippen molar-refractivity contribution in [1.82, 2.24) is 9.88 Å². The second kappa shape index (κ2) is 7.52. The number of halogens is 2. The maximum absolute atomic E-state index is 12.9. The molecule has 0 radical (unpaired) electrons. The molecule has 0 bridgehead atoms. The SMILES string of the molecule is Cc1oc(-c2ccccc2)nc1C(=O)N(C)C(C)c1ccc(Cl)cc1Cl. The van der Waals surface area contributed by atoms with Crippen molar-refractivity contribution in [2.75, 3.05) is 7.05 Å². The molecular weight excluding hydrogens is 371 g/mol. The highest BCUT2D eigenvalue weighted by Crippen LogP contribution is 2.30. The summed E-state index contributed by atoms with van der Waals surface area (Å²) in [6, 6.07) is 14.5. The second-order valence-electron chi connectivity index (χ2n) is 6.05. The molecule has 0 aliphatic carbocycles. The molecule has 6 heteroatoms. The first-order valence-corrected chi connectivity index (χ1v) is 8.89. The molecule has 3 rings (SSSR count). The fourth-order valence-electron chi connectivity index (χ4n) is 2.69. The molecule has 1 amide bonds. The molecule has 1 unspecified atom stereocenters. The lowest BCUT2D eigenvalue weighted by Gasteiger charge is -2.25. The van der Waals surface area contributed by atoms with E-state index in [1.165, 1.54) is 0 Å². The average molecular weight is 389 g/mol. The van der Waals surface area contributed by atoms with Gasteiger partial charge < -0.3 is 9.32 Å². The maximum Gasteiger partial charge on any atom is 0.276 e. The third-order valence-corrected chi connectivity index (χ3v) is 4.90. The van der Waals surface area contributed by atoms with E-state index in [9.17, 15) is 4.79 Å². The average Bonchev–Trinajstić information content (AvgIpc) is 3.02. The van der Waals surface area contributed by atoms with Crippen molar-refractivity contribution < 1.29 is 9.21 Å². The monoisotopic (exact) mass is 388 g/mol. The van der Waals surface area contributed by atoms with E-state index < -0.39 is 0 Å². The summed E-state index contributed by atoms with van der Waals surface area (Å²) >= 11 is 12.2. The van der Waals surface area contributed by atoms with E-state index in [4.69, 9.17) is 27.6 Å². The molecule has 2 aromatic carbocycles. The number of hydrogen-bond acceptors (Lipinski definition) is 3. The number of carbonyl (C=O) groups excluding carboxylic acids is 1. The lowest BCUT2D eigenvalue weighted by molar-refractivity contribution is 0.0735. The number of oxazole rings is 1. The van der Waals surface area contributed by atoms with Crippen LogP contribution in [0.1, 0.15) is 34.8 Å². The quantitative estimate of drug-likeness (QED) is 0.567. The van der Waals surface area contributed by atoms with E-state index in [-0.39, 0.29) is 11.9 Å². The molecule has 0 spiro atoms. The summed E-state index contributed by atoms with van der Waals surface area (Å²) in [6.45, 7) is 3.64. The Morgan fingerprint density at radius 3 is 2.50 bits per heavy atom. The maximum atomic E-state index is 12.9. The lowest BCUT2D eigenvalue weighted by Crippen LogP contribution is -2.30. The van der Waals surface area contributed by atoms with E-state index in [0.717, 1.165) is 11.1 Å². The van der Waals surface area contributed by atoms with Crippen molar-refractivity contribution in [1.29, 1.82) is 0 Å². The smallest absolute Gasteiger partial charge is 0.276 e. The van der Waals surface area contributed by atoms with Gasteiger partial charge in [-0.2, -0.15) is 0 Å². The Balaban J connectivity index is 1.88. The fraction of sp³-hybridized carbons (Fsp3) is 0.200. The van der Waals surface area contributed by atoms with E-state index in [1.54, 1.807) is 31.0 Å². The molecule has 1 heterocycles. The fourth-order valence-corrected chi connectivity index (χ4v) is 3.26. The van der Waals surface area contributed by atoms with Crippen molar-refractivity contribution in [3.63, 3.8) is 0 Å². The minimum absolute atomic E-state index is 0.230. The summed E-state index contributed by atoms with van der Waals surface area (Å²) in [5.41, 5.74) is 1.94. The number of hydrogen-bond donors (Lipinski definition) is 0. The Morgan fingerprint density at radius 2 is 1.85 bits per heavy atom. The van der Waals surface area contributed by atoms with Gasteiger partial charge in [-0.1, -0.05) is 47.5 Å². The van der Waals surface area contributed by atoms with Crippen LogP contribution in [0.15, 0.2) is 52.9 Å². The minimum Gasteiger partial charge on any atom is -0.441 e. The highest BCUT2D eigenvalue weighted by molar-refractivity contribution is 6.35. The summed E-state index contributed by atoms with van der Waals surface area (Å²) in [5.74, 6) is 0.680. The molecular formula is C20H18Cl2N2O2. The first-order chi connectivity index (χ1) is 12.4. The number of aromatic nitrogens is 1. The van der Waals surface area contributed by atoms with Crippen LogP contribution in [0, 0.1) is 6.92 Å². The zero-order valence-corrected chi connectivity index (χ0v) is 16.2. The van der Waals surface area contributed by atoms with Gasteiger partial charge in [-0.05, 0) is 43.7 Å². The predicted octanol–water partition coefficient (Wildman–Crippen LogP) is 5.79. The van der Waals surface area contributed by atoms with Crippen LogP contribution in [-0.4, -0.2) is 22.8 Å². The zero-order valence-electron chi connectivity index (χ0n) is 14.7. The number of aryl methyl sites for hydroxylation is 1. The van der Waals surface area contributed by atoms with Crippen LogP contribution in [-0.2, 0) is 0 Å². The third kappa shape index (κ3) is 3.62. The zero-order chi connectivity index (χ0) is 18.8. The van der Waals surface area contributed by atoms with Crippen LogP contribution < -0.4 is 0 Å².